The lowest BCUT2D eigenvalue weighted by Gasteiger charge is -2.19. The Kier molecular flexibility index (Phi) is 5.93. The Morgan fingerprint density at radius 2 is 2.10 bits per heavy atom. The summed E-state index contributed by atoms with van der Waals surface area (Å²) in [6, 6.07) is 8.99. The van der Waals surface area contributed by atoms with Gasteiger partial charge in [-0.1, -0.05) is 48.9 Å². The number of nitrogens with zero attached hydrogens (tertiary/aromatic N) is 3. The molecule has 0 aliphatic carbocycles. The molecule has 0 fully saturated rings. The van der Waals surface area contributed by atoms with Crippen molar-refractivity contribution in [1.29, 1.82) is 0 Å². The highest BCUT2D eigenvalue weighted by atomic mass is 15.4. The second-order valence-electron chi connectivity index (χ2n) is 5.58. The average Bonchev–Trinajstić information content (AvgIpc) is 2.92. The highest BCUT2D eigenvalue weighted by Gasteiger charge is 2.17. The maximum Gasteiger partial charge on any atom is 0.0759 e. The predicted octanol–water partition coefficient (Wildman–Crippen LogP) is 3.28. The summed E-state index contributed by atoms with van der Waals surface area (Å²) >= 11 is 0. The summed E-state index contributed by atoms with van der Waals surface area (Å²) < 4.78 is 2.03. The van der Waals surface area contributed by atoms with E-state index in [2.05, 4.69) is 60.7 Å². The van der Waals surface area contributed by atoms with Crippen molar-refractivity contribution in [2.24, 2.45) is 0 Å². The zero-order valence-electron chi connectivity index (χ0n) is 13.3. The first-order chi connectivity index (χ1) is 10.2. The largest absolute Gasteiger partial charge is 0.308 e. The first kappa shape index (κ1) is 15.7. The molecule has 1 aromatic heterocycles. The Bertz CT molecular complexity index is 547. The summed E-state index contributed by atoms with van der Waals surface area (Å²) in [6.07, 6.45) is 5.07. The van der Waals surface area contributed by atoms with E-state index in [0.717, 1.165) is 32.4 Å². The first-order valence-electron chi connectivity index (χ1n) is 7.91. The fourth-order valence-corrected chi connectivity index (χ4v) is 2.60. The molecule has 2 rings (SSSR count). The van der Waals surface area contributed by atoms with E-state index in [1.807, 2.05) is 10.9 Å². The molecule has 21 heavy (non-hydrogen) atoms. The number of aryl methyl sites for hydroxylation is 2. The van der Waals surface area contributed by atoms with E-state index in [1.165, 1.54) is 16.8 Å². The van der Waals surface area contributed by atoms with E-state index in [9.17, 15) is 0 Å². The molecule has 4 heteroatoms. The third-order valence-electron chi connectivity index (χ3n) is 3.60. The van der Waals surface area contributed by atoms with Crippen LogP contribution in [0, 0.1) is 6.92 Å². The van der Waals surface area contributed by atoms with E-state index in [-0.39, 0.29) is 6.04 Å². The summed E-state index contributed by atoms with van der Waals surface area (Å²) in [4.78, 5) is 0. The summed E-state index contributed by atoms with van der Waals surface area (Å²) in [7, 11) is 0. The standard InChI is InChI=1S/C17H26N4/c1-4-9-18-16(12-15-8-6-7-14(3)11-15)17-13-19-20-21(17)10-5-2/h6-8,11,13,16,18H,4-5,9-10,12H2,1-3H3. The minimum Gasteiger partial charge on any atom is -0.308 e. The second-order valence-corrected chi connectivity index (χ2v) is 5.58. The molecule has 0 amide bonds. The van der Waals surface area contributed by atoms with Crippen LogP contribution in [0.3, 0.4) is 0 Å². The van der Waals surface area contributed by atoms with Crippen LogP contribution in [0.1, 0.15) is 49.6 Å². The Labute approximate surface area is 127 Å². The van der Waals surface area contributed by atoms with Crippen molar-refractivity contribution in [2.45, 2.75) is 52.6 Å². The fourth-order valence-electron chi connectivity index (χ4n) is 2.60. The van der Waals surface area contributed by atoms with Gasteiger partial charge in [0.05, 0.1) is 17.9 Å². The highest BCUT2D eigenvalue weighted by molar-refractivity contribution is 5.24. The number of rotatable bonds is 8. The van der Waals surface area contributed by atoms with Gasteiger partial charge in [0.25, 0.3) is 0 Å². The van der Waals surface area contributed by atoms with E-state index in [1.54, 1.807) is 0 Å². The van der Waals surface area contributed by atoms with Gasteiger partial charge >= 0.3 is 0 Å². The lowest BCUT2D eigenvalue weighted by Crippen LogP contribution is -2.26. The van der Waals surface area contributed by atoms with Gasteiger partial charge in [-0.15, -0.1) is 5.10 Å². The van der Waals surface area contributed by atoms with Crippen LogP contribution in [0.4, 0.5) is 0 Å². The Hall–Kier alpha value is -1.68. The van der Waals surface area contributed by atoms with Crippen LogP contribution in [0.2, 0.25) is 0 Å². The highest BCUT2D eigenvalue weighted by Crippen LogP contribution is 2.19. The zero-order chi connectivity index (χ0) is 15.1. The summed E-state index contributed by atoms with van der Waals surface area (Å²) in [5, 5.41) is 12.0. The van der Waals surface area contributed by atoms with Crippen molar-refractivity contribution in [1.82, 2.24) is 20.3 Å². The molecule has 0 bridgehead atoms. The van der Waals surface area contributed by atoms with Crippen LogP contribution in [-0.2, 0) is 13.0 Å². The van der Waals surface area contributed by atoms with Crippen LogP contribution in [-0.4, -0.2) is 21.5 Å². The monoisotopic (exact) mass is 286 g/mol. The normalized spacial score (nSPS) is 12.5. The summed E-state index contributed by atoms with van der Waals surface area (Å²) in [5.74, 6) is 0. The smallest absolute Gasteiger partial charge is 0.0759 e. The molecule has 114 valence electrons. The molecule has 1 aromatic carbocycles. The number of hydrogen-bond acceptors (Lipinski definition) is 3. The molecular formula is C17H26N4. The molecule has 0 aliphatic heterocycles. The fraction of sp³-hybridized carbons (Fsp3) is 0.529. The molecule has 1 atom stereocenters. The van der Waals surface area contributed by atoms with Gasteiger partial charge < -0.3 is 5.32 Å². The van der Waals surface area contributed by atoms with Crippen LogP contribution < -0.4 is 5.32 Å². The third kappa shape index (κ3) is 4.39. The van der Waals surface area contributed by atoms with Crippen molar-refractivity contribution in [3.63, 3.8) is 0 Å². The van der Waals surface area contributed by atoms with Crippen molar-refractivity contribution in [2.75, 3.05) is 6.54 Å². The van der Waals surface area contributed by atoms with Gasteiger partial charge in [0.15, 0.2) is 0 Å². The Morgan fingerprint density at radius 1 is 1.24 bits per heavy atom. The van der Waals surface area contributed by atoms with Crippen LogP contribution in [0.5, 0.6) is 0 Å². The number of nitrogens with one attached hydrogen (secondary N) is 1. The molecule has 0 spiro atoms. The number of aromatic nitrogens is 3. The van der Waals surface area contributed by atoms with E-state index >= 15 is 0 Å². The average molecular weight is 286 g/mol. The van der Waals surface area contributed by atoms with Crippen LogP contribution >= 0.6 is 0 Å². The molecule has 1 unspecified atom stereocenters. The lowest BCUT2D eigenvalue weighted by molar-refractivity contribution is 0.465. The van der Waals surface area contributed by atoms with Crippen LogP contribution in [0.15, 0.2) is 30.5 Å². The van der Waals surface area contributed by atoms with Gasteiger partial charge in [0.1, 0.15) is 0 Å². The Morgan fingerprint density at radius 3 is 2.81 bits per heavy atom. The minimum atomic E-state index is 0.272. The van der Waals surface area contributed by atoms with Crippen LogP contribution in [0.25, 0.3) is 0 Å². The van der Waals surface area contributed by atoms with Crippen molar-refractivity contribution in [3.05, 3.63) is 47.3 Å². The van der Waals surface area contributed by atoms with Gasteiger partial charge in [-0.2, -0.15) is 0 Å². The lowest BCUT2D eigenvalue weighted by atomic mass is 10.0. The molecule has 0 radical (unpaired) electrons. The number of benzene rings is 1. The molecule has 1 heterocycles. The molecule has 2 aromatic rings. The molecule has 1 N–H and O–H groups in total. The van der Waals surface area contributed by atoms with Gasteiger partial charge in [-0.3, -0.25) is 0 Å². The molecular weight excluding hydrogens is 260 g/mol. The second kappa shape index (κ2) is 7.93. The zero-order valence-corrected chi connectivity index (χ0v) is 13.3. The number of hydrogen-bond donors (Lipinski definition) is 1. The third-order valence-corrected chi connectivity index (χ3v) is 3.60. The van der Waals surface area contributed by atoms with E-state index in [4.69, 9.17) is 0 Å². The Balaban J connectivity index is 2.19. The van der Waals surface area contributed by atoms with Crippen molar-refractivity contribution >= 4 is 0 Å². The maximum atomic E-state index is 4.22. The predicted molar refractivity (Wildman–Crippen MR) is 86.2 cm³/mol. The SMILES string of the molecule is CCCNC(Cc1cccc(C)c1)c1cnnn1CCC. The minimum absolute atomic E-state index is 0.272. The van der Waals surface area contributed by atoms with Gasteiger partial charge in [0.2, 0.25) is 0 Å². The molecule has 0 saturated heterocycles. The van der Waals surface area contributed by atoms with Gasteiger partial charge in [0, 0.05) is 6.54 Å². The molecule has 0 aliphatic rings. The quantitative estimate of drug-likeness (QED) is 0.810. The topological polar surface area (TPSA) is 42.7 Å². The first-order valence-corrected chi connectivity index (χ1v) is 7.91. The maximum absolute atomic E-state index is 4.22. The van der Waals surface area contributed by atoms with E-state index in [0.29, 0.717) is 0 Å². The van der Waals surface area contributed by atoms with Crippen molar-refractivity contribution in [3.8, 4) is 0 Å². The van der Waals surface area contributed by atoms with Gasteiger partial charge in [-0.05, 0) is 38.3 Å². The molecule has 4 nitrogen and oxygen atoms in total. The summed E-state index contributed by atoms with van der Waals surface area (Å²) in [6.45, 7) is 8.43. The van der Waals surface area contributed by atoms with E-state index < -0.39 is 0 Å². The molecule has 0 saturated carbocycles. The van der Waals surface area contributed by atoms with Crippen molar-refractivity contribution < 1.29 is 0 Å². The summed E-state index contributed by atoms with van der Waals surface area (Å²) in [5.41, 5.74) is 3.85. The van der Waals surface area contributed by atoms with Gasteiger partial charge in [-0.25, -0.2) is 4.68 Å².